The lowest BCUT2D eigenvalue weighted by Gasteiger charge is -2.19. The van der Waals surface area contributed by atoms with Crippen LogP contribution in [0.3, 0.4) is 0 Å². The smallest absolute Gasteiger partial charge is 0.412 e. The quantitative estimate of drug-likeness (QED) is 0.353. The molecule has 0 fully saturated rings. The Labute approximate surface area is 161 Å². The molecule has 0 saturated carbocycles. The van der Waals surface area contributed by atoms with Crippen LogP contribution in [0.15, 0.2) is 42.5 Å². The maximum absolute atomic E-state index is 12.3. The average Bonchev–Trinajstić information content (AvgIpc) is 2.60. The lowest BCUT2D eigenvalue weighted by Crippen LogP contribution is -2.27. The maximum atomic E-state index is 12.3. The van der Waals surface area contributed by atoms with Crippen LogP contribution in [0.1, 0.15) is 31.1 Å². The number of carbonyl (C=O) groups excluding carboxylic acids is 2. The number of carbonyl (C=O) groups is 2. The van der Waals surface area contributed by atoms with Gasteiger partial charge in [0.2, 0.25) is 5.75 Å². The van der Waals surface area contributed by atoms with Crippen LogP contribution in [0.2, 0.25) is 0 Å². The van der Waals surface area contributed by atoms with Gasteiger partial charge in [0.1, 0.15) is 11.4 Å². The highest BCUT2D eigenvalue weighted by Crippen LogP contribution is 2.31. The molecule has 2 aromatic carbocycles. The molecule has 0 saturated heterocycles. The topological polar surface area (TPSA) is 117 Å². The molecule has 0 bridgehead atoms. The van der Waals surface area contributed by atoms with Gasteiger partial charge in [-0.1, -0.05) is 0 Å². The third kappa shape index (κ3) is 5.70. The molecule has 2 rings (SSSR count). The largest absolute Gasteiger partial charge is 0.496 e. The lowest BCUT2D eigenvalue weighted by atomic mass is 10.2. The molecule has 0 aliphatic carbocycles. The number of nitrogens with one attached hydrogen (secondary N) is 1. The number of ether oxygens (including phenoxy) is 3. The van der Waals surface area contributed by atoms with E-state index in [4.69, 9.17) is 14.2 Å². The zero-order valence-electron chi connectivity index (χ0n) is 15.8. The van der Waals surface area contributed by atoms with E-state index in [0.717, 1.165) is 6.07 Å². The predicted octanol–water partition coefficient (Wildman–Crippen LogP) is 4.17. The predicted molar refractivity (Wildman–Crippen MR) is 101 cm³/mol. The molecule has 2 aromatic rings. The number of methoxy groups -OCH3 is 1. The fourth-order valence-corrected chi connectivity index (χ4v) is 2.12. The number of nitro groups is 1. The first-order valence-corrected chi connectivity index (χ1v) is 8.24. The normalized spacial score (nSPS) is 10.7. The minimum Gasteiger partial charge on any atom is -0.496 e. The highest BCUT2D eigenvalue weighted by Gasteiger charge is 2.20. The van der Waals surface area contributed by atoms with Crippen molar-refractivity contribution in [1.82, 2.24) is 0 Å². The van der Waals surface area contributed by atoms with E-state index in [0.29, 0.717) is 5.69 Å². The van der Waals surface area contributed by atoms with Gasteiger partial charge in [0, 0.05) is 5.69 Å². The fraction of sp³-hybridized carbons (Fsp3) is 0.263. The van der Waals surface area contributed by atoms with E-state index in [9.17, 15) is 19.7 Å². The summed E-state index contributed by atoms with van der Waals surface area (Å²) in [5.41, 5.74) is -0.460. The van der Waals surface area contributed by atoms with E-state index in [1.54, 1.807) is 20.8 Å². The minimum atomic E-state index is -0.780. The van der Waals surface area contributed by atoms with Crippen LogP contribution in [0.5, 0.6) is 11.5 Å². The van der Waals surface area contributed by atoms with Gasteiger partial charge in [0.25, 0.3) is 0 Å². The van der Waals surface area contributed by atoms with Crippen LogP contribution in [-0.2, 0) is 4.74 Å². The van der Waals surface area contributed by atoms with Gasteiger partial charge in [-0.15, -0.1) is 0 Å². The number of benzene rings is 2. The standard InChI is InChI=1S/C19H20N2O7/c1-19(2,3)28-18(23)20-13-7-5-12(6-8-13)17(22)27-16-10-9-14(26-4)11-15(16)21(24)25/h5-11H,1-4H3,(H,20,23). The molecular weight excluding hydrogens is 368 g/mol. The Balaban J connectivity index is 2.10. The summed E-state index contributed by atoms with van der Waals surface area (Å²) in [7, 11) is 1.37. The molecule has 0 unspecified atom stereocenters. The van der Waals surface area contributed by atoms with Crippen LogP contribution in [-0.4, -0.2) is 29.7 Å². The SMILES string of the molecule is COc1ccc(OC(=O)c2ccc(NC(=O)OC(C)(C)C)cc2)c([N+](=O)[O-])c1. The highest BCUT2D eigenvalue weighted by molar-refractivity contribution is 5.92. The summed E-state index contributed by atoms with van der Waals surface area (Å²) in [4.78, 5) is 34.5. The molecule has 9 heteroatoms. The Bertz CT molecular complexity index is 886. The van der Waals surface area contributed by atoms with Gasteiger partial charge < -0.3 is 14.2 Å². The van der Waals surface area contributed by atoms with Crippen LogP contribution in [0.4, 0.5) is 16.2 Å². The van der Waals surface area contributed by atoms with Gasteiger partial charge in [-0.25, -0.2) is 9.59 Å². The van der Waals surface area contributed by atoms with Crippen LogP contribution in [0, 0.1) is 10.1 Å². The van der Waals surface area contributed by atoms with Gasteiger partial charge in [0.05, 0.1) is 23.7 Å². The van der Waals surface area contributed by atoms with E-state index >= 15 is 0 Å². The molecule has 0 aliphatic heterocycles. The molecule has 0 heterocycles. The van der Waals surface area contributed by atoms with Crippen molar-refractivity contribution >= 4 is 23.4 Å². The van der Waals surface area contributed by atoms with Crippen molar-refractivity contribution in [2.45, 2.75) is 26.4 Å². The summed E-state index contributed by atoms with van der Waals surface area (Å²) in [5, 5.41) is 13.7. The molecule has 1 N–H and O–H groups in total. The molecule has 148 valence electrons. The number of hydrogen-bond acceptors (Lipinski definition) is 7. The van der Waals surface area contributed by atoms with Crippen molar-refractivity contribution in [3.63, 3.8) is 0 Å². The van der Waals surface area contributed by atoms with Crippen LogP contribution >= 0.6 is 0 Å². The van der Waals surface area contributed by atoms with Gasteiger partial charge in [-0.2, -0.15) is 0 Å². The van der Waals surface area contributed by atoms with E-state index in [1.807, 2.05) is 0 Å². The molecular formula is C19H20N2O7. The number of hydrogen-bond donors (Lipinski definition) is 1. The van der Waals surface area contributed by atoms with Crippen LogP contribution in [0.25, 0.3) is 0 Å². The average molecular weight is 388 g/mol. The fourth-order valence-electron chi connectivity index (χ4n) is 2.12. The number of anilines is 1. The minimum absolute atomic E-state index is 0.153. The van der Waals surface area contributed by atoms with E-state index in [-0.39, 0.29) is 17.1 Å². The van der Waals surface area contributed by atoms with Crippen molar-refractivity contribution in [3.8, 4) is 11.5 Å². The molecule has 0 spiro atoms. The summed E-state index contributed by atoms with van der Waals surface area (Å²) in [6.07, 6.45) is -0.628. The summed E-state index contributed by atoms with van der Waals surface area (Å²) in [5.74, 6) is -0.715. The van der Waals surface area contributed by atoms with Crippen LogP contribution < -0.4 is 14.8 Å². The van der Waals surface area contributed by atoms with Gasteiger partial charge in [-0.3, -0.25) is 15.4 Å². The van der Waals surface area contributed by atoms with Crippen molar-refractivity contribution in [3.05, 3.63) is 58.1 Å². The lowest BCUT2D eigenvalue weighted by molar-refractivity contribution is -0.385. The van der Waals surface area contributed by atoms with Crippen molar-refractivity contribution < 1.29 is 28.7 Å². The zero-order chi connectivity index (χ0) is 20.9. The summed E-state index contributed by atoms with van der Waals surface area (Å²) in [6, 6.07) is 9.72. The van der Waals surface area contributed by atoms with Crippen molar-refractivity contribution in [2.75, 3.05) is 12.4 Å². The third-order valence-corrected chi connectivity index (χ3v) is 3.33. The summed E-state index contributed by atoms with van der Waals surface area (Å²) >= 11 is 0. The molecule has 0 aromatic heterocycles. The van der Waals surface area contributed by atoms with E-state index < -0.39 is 28.3 Å². The molecule has 28 heavy (non-hydrogen) atoms. The Morgan fingerprint density at radius 2 is 1.71 bits per heavy atom. The number of rotatable bonds is 5. The summed E-state index contributed by atoms with van der Waals surface area (Å²) < 4.78 is 15.2. The summed E-state index contributed by atoms with van der Waals surface area (Å²) in [6.45, 7) is 5.22. The molecule has 0 atom stereocenters. The van der Waals surface area contributed by atoms with Gasteiger partial charge >= 0.3 is 17.7 Å². The van der Waals surface area contributed by atoms with Crippen molar-refractivity contribution in [2.24, 2.45) is 0 Å². The Kier molecular flexibility index (Phi) is 6.19. The van der Waals surface area contributed by atoms with Gasteiger partial charge in [-0.05, 0) is 57.2 Å². The number of nitro benzene ring substituents is 1. The van der Waals surface area contributed by atoms with Crippen molar-refractivity contribution in [1.29, 1.82) is 0 Å². The molecule has 0 aliphatic rings. The van der Waals surface area contributed by atoms with E-state index in [2.05, 4.69) is 5.32 Å². The highest BCUT2D eigenvalue weighted by atomic mass is 16.6. The maximum Gasteiger partial charge on any atom is 0.412 e. The first-order chi connectivity index (χ1) is 13.1. The number of amides is 1. The Morgan fingerprint density at radius 1 is 1.07 bits per heavy atom. The first-order valence-electron chi connectivity index (χ1n) is 8.24. The molecule has 1 amide bonds. The van der Waals surface area contributed by atoms with Gasteiger partial charge in [0.15, 0.2) is 0 Å². The third-order valence-electron chi connectivity index (χ3n) is 3.33. The number of nitrogens with zero attached hydrogens (tertiary/aromatic N) is 1. The second kappa shape index (κ2) is 8.38. The van der Waals surface area contributed by atoms with E-state index in [1.165, 1.54) is 43.5 Å². The second-order valence-electron chi connectivity index (χ2n) is 6.68. The second-order valence-corrected chi connectivity index (χ2v) is 6.68. The first kappa shape index (κ1) is 20.7. The molecule has 9 nitrogen and oxygen atoms in total. The molecule has 0 radical (unpaired) electrons. The monoisotopic (exact) mass is 388 g/mol. The zero-order valence-corrected chi connectivity index (χ0v) is 15.8. The Hall–Kier alpha value is -3.62. The number of esters is 1. The Morgan fingerprint density at radius 3 is 2.25 bits per heavy atom.